The monoisotopic (exact) mass is 404 g/mol. The van der Waals surface area contributed by atoms with Crippen molar-refractivity contribution in [2.45, 2.75) is 27.0 Å². The lowest BCUT2D eigenvalue weighted by molar-refractivity contribution is -0.145. The third kappa shape index (κ3) is 3.98. The van der Waals surface area contributed by atoms with E-state index in [4.69, 9.17) is 4.74 Å². The number of esters is 1. The molecule has 0 fully saturated rings. The molecule has 0 aliphatic heterocycles. The molecule has 5 nitrogen and oxygen atoms in total. The molecule has 0 aliphatic carbocycles. The number of carbonyl (C=O) groups excluding carboxylic acids is 1. The average molecular weight is 404 g/mol. The van der Waals surface area contributed by atoms with E-state index in [-0.39, 0.29) is 18.7 Å². The molecule has 29 heavy (non-hydrogen) atoms. The summed E-state index contributed by atoms with van der Waals surface area (Å²) in [6.07, 6.45) is 1.42. The fourth-order valence-electron chi connectivity index (χ4n) is 3.24. The van der Waals surface area contributed by atoms with E-state index in [0.717, 1.165) is 27.1 Å². The van der Waals surface area contributed by atoms with Gasteiger partial charge in [0.15, 0.2) is 0 Å². The summed E-state index contributed by atoms with van der Waals surface area (Å²) >= 11 is 1.49. The van der Waals surface area contributed by atoms with E-state index in [0.29, 0.717) is 10.2 Å². The molecular formula is C23H20N2O3S. The van der Waals surface area contributed by atoms with Crippen LogP contribution in [0, 0.1) is 13.8 Å². The van der Waals surface area contributed by atoms with Crippen molar-refractivity contribution >= 4 is 27.5 Å². The molecule has 4 rings (SSSR count). The number of ether oxygens (including phenoxy) is 1. The number of fused-ring (bicyclic) bond motifs is 1. The molecule has 0 unspecified atom stereocenters. The van der Waals surface area contributed by atoms with E-state index >= 15 is 0 Å². The van der Waals surface area contributed by atoms with Gasteiger partial charge in [0.25, 0.3) is 5.56 Å². The van der Waals surface area contributed by atoms with Gasteiger partial charge < -0.3 is 4.74 Å². The smallest absolute Gasteiger partial charge is 0.326 e. The van der Waals surface area contributed by atoms with Gasteiger partial charge in [-0.3, -0.25) is 14.2 Å². The number of nitrogens with zero attached hydrogens (tertiary/aromatic N) is 2. The van der Waals surface area contributed by atoms with Crippen molar-refractivity contribution in [1.29, 1.82) is 0 Å². The van der Waals surface area contributed by atoms with E-state index in [2.05, 4.69) is 4.98 Å². The molecule has 0 saturated heterocycles. The van der Waals surface area contributed by atoms with Crippen LogP contribution in [0.1, 0.15) is 16.0 Å². The van der Waals surface area contributed by atoms with E-state index in [1.165, 1.54) is 22.2 Å². The van der Waals surface area contributed by atoms with Crippen molar-refractivity contribution < 1.29 is 9.53 Å². The Morgan fingerprint density at radius 1 is 1.07 bits per heavy atom. The SMILES string of the molecule is Cc1ccc(-c2c(C)sc3ncn(CC(=O)OCc4ccccc4)c(=O)c23)cc1. The Morgan fingerprint density at radius 2 is 1.79 bits per heavy atom. The molecule has 0 saturated carbocycles. The number of benzene rings is 2. The van der Waals surface area contributed by atoms with Crippen LogP contribution in [0.25, 0.3) is 21.3 Å². The summed E-state index contributed by atoms with van der Waals surface area (Å²) in [6, 6.07) is 17.5. The van der Waals surface area contributed by atoms with E-state index in [9.17, 15) is 9.59 Å². The van der Waals surface area contributed by atoms with Crippen LogP contribution in [0.5, 0.6) is 0 Å². The number of hydrogen-bond donors (Lipinski definition) is 0. The Kier molecular flexibility index (Phi) is 5.27. The van der Waals surface area contributed by atoms with Crippen LogP contribution in [-0.2, 0) is 22.7 Å². The first-order valence-corrected chi connectivity index (χ1v) is 10.1. The second kappa shape index (κ2) is 8.01. The summed E-state index contributed by atoms with van der Waals surface area (Å²) in [5.41, 5.74) is 3.68. The van der Waals surface area contributed by atoms with Gasteiger partial charge in [0.2, 0.25) is 0 Å². The van der Waals surface area contributed by atoms with Gasteiger partial charge in [-0.2, -0.15) is 0 Å². The molecule has 0 atom stereocenters. The third-order valence-electron chi connectivity index (χ3n) is 4.74. The van der Waals surface area contributed by atoms with Gasteiger partial charge in [-0.05, 0) is 25.0 Å². The van der Waals surface area contributed by atoms with Crippen LogP contribution >= 0.6 is 11.3 Å². The zero-order valence-electron chi connectivity index (χ0n) is 16.2. The zero-order valence-corrected chi connectivity index (χ0v) is 17.0. The Hall–Kier alpha value is -3.25. The fourth-order valence-corrected chi connectivity index (χ4v) is 4.24. The second-order valence-electron chi connectivity index (χ2n) is 6.90. The third-order valence-corrected chi connectivity index (χ3v) is 5.75. The van der Waals surface area contributed by atoms with Gasteiger partial charge in [-0.1, -0.05) is 60.2 Å². The van der Waals surface area contributed by atoms with Crippen LogP contribution in [0.3, 0.4) is 0 Å². The van der Waals surface area contributed by atoms with Crippen molar-refractivity contribution in [1.82, 2.24) is 9.55 Å². The highest BCUT2D eigenvalue weighted by Crippen LogP contribution is 2.35. The highest BCUT2D eigenvalue weighted by Gasteiger charge is 2.18. The largest absolute Gasteiger partial charge is 0.459 e. The minimum absolute atomic E-state index is 0.170. The zero-order chi connectivity index (χ0) is 20.4. The molecule has 2 aromatic heterocycles. The van der Waals surface area contributed by atoms with Gasteiger partial charge >= 0.3 is 5.97 Å². The summed E-state index contributed by atoms with van der Waals surface area (Å²) < 4.78 is 6.63. The highest BCUT2D eigenvalue weighted by atomic mass is 32.1. The maximum Gasteiger partial charge on any atom is 0.326 e. The highest BCUT2D eigenvalue weighted by molar-refractivity contribution is 7.19. The van der Waals surface area contributed by atoms with Gasteiger partial charge in [-0.25, -0.2) is 4.98 Å². The standard InChI is InChI=1S/C23H20N2O3S/c1-15-8-10-18(11-9-15)20-16(2)29-22-21(20)23(27)25(14-24-22)12-19(26)28-13-17-6-4-3-5-7-17/h3-11,14H,12-13H2,1-2H3. The number of carbonyl (C=O) groups is 1. The Labute approximate surface area is 172 Å². The normalized spacial score (nSPS) is 11.0. The van der Waals surface area contributed by atoms with Crippen LogP contribution in [0.15, 0.2) is 65.7 Å². The molecule has 0 amide bonds. The molecular weight excluding hydrogens is 384 g/mol. The Balaban J connectivity index is 1.63. The Morgan fingerprint density at radius 3 is 2.52 bits per heavy atom. The average Bonchev–Trinajstić information content (AvgIpc) is 3.07. The minimum atomic E-state index is -0.471. The summed E-state index contributed by atoms with van der Waals surface area (Å²) in [7, 11) is 0. The summed E-state index contributed by atoms with van der Waals surface area (Å²) in [5.74, 6) is -0.471. The number of aromatic nitrogens is 2. The molecule has 0 aliphatic rings. The van der Waals surface area contributed by atoms with Gasteiger partial charge in [0, 0.05) is 10.4 Å². The molecule has 0 bridgehead atoms. The molecule has 0 radical (unpaired) electrons. The van der Waals surface area contributed by atoms with Crippen LogP contribution in [0.4, 0.5) is 0 Å². The lowest BCUT2D eigenvalue weighted by Crippen LogP contribution is -2.25. The van der Waals surface area contributed by atoms with Gasteiger partial charge in [0.1, 0.15) is 18.0 Å². The van der Waals surface area contributed by atoms with E-state index in [1.54, 1.807) is 0 Å². The van der Waals surface area contributed by atoms with Crippen LogP contribution in [0.2, 0.25) is 0 Å². The van der Waals surface area contributed by atoms with Crippen molar-refractivity contribution in [3.63, 3.8) is 0 Å². The van der Waals surface area contributed by atoms with Crippen LogP contribution < -0.4 is 5.56 Å². The summed E-state index contributed by atoms with van der Waals surface area (Å²) in [6.45, 7) is 4.02. The molecule has 4 aromatic rings. The number of thiophene rings is 1. The van der Waals surface area contributed by atoms with Crippen LogP contribution in [-0.4, -0.2) is 15.5 Å². The summed E-state index contributed by atoms with van der Waals surface area (Å²) in [4.78, 5) is 31.5. The maximum absolute atomic E-state index is 13.1. The first kappa shape index (κ1) is 19.1. The molecule has 2 heterocycles. The molecule has 0 spiro atoms. The molecule has 6 heteroatoms. The lowest BCUT2D eigenvalue weighted by atomic mass is 10.0. The van der Waals surface area contributed by atoms with E-state index in [1.807, 2.05) is 68.4 Å². The number of hydrogen-bond acceptors (Lipinski definition) is 5. The van der Waals surface area contributed by atoms with Gasteiger partial charge in [-0.15, -0.1) is 11.3 Å². The first-order valence-electron chi connectivity index (χ1n) is 9.28. The number of rotatable bonds is 5. The molecule has 146 valence electrons. The van der Waals surface area contributed by atoms with Crippen molar-refractivity contribution in [3.8, 4) is 11.1 Å². The Bertz CT molecular complexity index is 1220. The fraction of sp³-hybridized carbons (Fsp3) is 0.174. The quantitative estimate of drug-likeness (QED) is 0.460. The topological polar surface area (TPSA) is 61.2 Å². The minimum Gasteiger partial charge on any atom is -0.459 e. The predicted molar refractivity (Wildman–Crippen MR) is 115 cm³/mol. The predicted octanol–water partition coefficient (Wildman–Crippen LogP) is 4.49. The maximum atomic E-state index is 13.1. The summed E-state index contributed by atoms with van der Waals surface area (Å²) in [5, 5.41) is 0.551. The van der Waals surface area contributed by atoms with Crippen molar-refractivity contribution in [2.24, 2.45) is 0 Å². The van der Waals surface area contributed by atoms with Gasteiger partial charge in [0.05, 0.1) is 11.7 Å². The second-order valence-corrected chi connectivity index (χ2v) is 8.11. The molecule has 0 N–H and O–H groups in total. The first-order chi connectivity index (χ1) is 14.0. The van der Waals surface area contributed by atoms with E-state index < -0.39 is 5.97 Å². The molecule has 2 aromatic carbocycles. The lowest BCUT2D eigenvalue weighted by Gasteiger charge is -2.08. The van der Waals surface area contributed by atoms with Crippen molar-refractivity contribution in [3.05, 3.63) is 87.3 Å². The number of aryl methyl sites for hydroxylation is 2. The van der Waals surface area contributed by atoms with Crippen molar-refractivity contribution in [2.75, 3.05) is 0 Å².